The first-order chi connectivity index (χ1) is 8.02. The molecule has 1 aliphatic rings. The number of rotatable bonds is 2. The topological polar surface area (TPSA) is 32.7 Å². The summed E-state index contributed by atoms with van der Waals surface area (Å²) in [6.07, 6.45) is 0. The number of hydrogen-bond donors (Lipinski definition) is 1. The number of hydrogen-bond acceptors (Lipinski definition) is 3. The van der Waals surface area contributed by atoms with E-state index < -0.39 is 0 Å². The Morgan fingerprint density at radius 3 is 2.76 bits per heavy atom. The van der Waals surface area contributed by atoms with E-state index in [-0.39, 0.29) is 12.0 Å². The van der Waals surface area contributed by atoms with Crippen LogP contribution in [0.1, 0.15) is 26.3 Å². The first kappa shape index (κ1) is 12.2. The van der Waals surface area contributed by atoms with Gasteiger partial charge in [0.25, 0.3) is 0 Å². The van der Waals surface area contributed by atoms with Crippen molar-refractivity contribution < 1.29 is 9.84 Å². The molecular weight excluding hydrogens is 214 g/mol. The third-order valence-corrected chi connectivity index (χ3v) is 3.15. The van der Waals surface area contributed by atoms with Crippen LogP contribution in [0.5, 0.6) is 5.75 Å². The largest absolute Gasteiger partial charge is 0.490 e. The molecule has 0 aromatic heterocycles. The van der Waals surface area contributed by atoms with Gasteiger partial charge in [-0.15, -0.1) is 0 Å². The summed E-state index contributed by atoms with van der Waals surface area (Å²) in [7, 11) is 0. The molecule has 3 heteroatoms. The lowest BCUT2D eigenvalue weighted by Gasteiger charge is -2.32. The molecule has 17 heavy (non-hydrogen) atoms. The zero-order valence-corrected chi connectivity index (χ0v) is 10.9. The fraction of sp³-hybridized carbons (Fsp3) is 0.571. The highest BCUT2D eigenvalue weighted by molar-refractivity contribution is 5.62. The van der Waals surface area contributed by atoms with Gasteiger partial charge in [-0.1, -0.05) is 26.8 Å². The van der Waals surface area contributed by atoms with E-state index in [9.17, 15) is 0 Å². The van der Waals surface area contributed by atoms with Gasteiger partial charge >= 0.3 is 0 Å². The molecule has 0 fully saturated rings. The summed E-state index contributed by atoms with van der Waals surface area (Å²) in [5.41, 5.74) is 2.54. The Morgan fingerprint density at radius 1 is 1.35 bits per heavy atom. The number of fused-ring (bicyclic) bond motifs is 1. The van der Waals surface area contributed by atoms with Crippen molar-refractivity contribution in [3.8, 4) is 5.75 Å². The molecule has 0 saturated carbocycles. The molecule has 94 valence electrons. The Labute approximate surface area is 103 Å². The van der Waals surface area contributed by atoms with E-state index in [4.69, 9.17) is 9.84 Å². The van der Waals surface area contributed by atoms with Crippen LogP contribution in [-0.4, -0.2) is 31.4 Å². The van der Waals surface area contributed by atoms with Gasteiger partial charge in [-0.25, -0.2) is 0 Å². The van der Waals surface area contributed by atoms with Crippen LogP contribution >= 0.6 is 0 Å². The maximum Gasteiger partial charge on any atom is 0.142 e. The van der Waals surface area contributed by atoms with E-state index >= 15 is 0 Å². The molecule has 1 heterocycles. The van der Waals surface area contributed by atoms with E-state index in [1.807, 2.05) is 6.07 Å². The molecule has 0 unspecified atom stereocenters. The molecule has 0 spiro atoms. The normalized spacial score (nSPS) is 15.4. The smallest absolute Gasteiger partial charge is 0.142 e. The summed E-state index contributed by atoms with van der Waals surface area (Å²) in [4.78, 5) is 2.19. The minimum absolute atomic E-state index is 0.136. The summed E-state index contributed by atoms with van der Waals surface area (Å²) >= 11 is 0. The zero-order chi connectivity index (χ0) is 12.5. The first-order valence-electron chi connectivity index (χ1n) is 6.15. The second-order valence-corrected chi connectivity index (χ2v) is 5.49. The molecule has 2 rings (SSSR count). The van der Waals surface area contributed by atoms with E-state index in [0.717, 1.165) is 18.0 Å². The maximum atomic E-state index is 9.09. The lowest BCUT2D eigenvalue weighted by Crippen LogP contribution is -2.35. The fourth-order valence-electron chi connectivity index (χ4n) is 2.09. The average molecular weight is 235 g/mol. The number of aliphatic hydroxyl groups excluding tert-OH is 1. The fourth-order valence-corrected chi connectivity index (χ4v) is 2.09. The first-order valence-corrected chi connectivity index (χ1v) is 6.15. The van der Waals surface area contributed by atoms with Crippen LogP contribution in [0.4, 0.5) is 5.69 Å². The number of aliphatic hydroxyl groups is 1. The molecule has 0 amide bonds. The standard InChI is InChI=1S/C14H21NO2/c1-14(2,3)11-4-5-13-12(10-11)15(6-8-16)7-9-17-13/h4-5,10,16H,6-9H2,1-3H3. The second-order valence-electron chi connectivity index (χ2n) is 5.49. The van der Waals surface area contributed by atoms with Crippen LogP contribution in [0.15, 0.2) is 18.2 Å². The van der Waals surface area contributed by atoms with Crippen LogP contribution in [0.2, 0.25) is 0 Å². The summed E-state index contributed by atoms with van der Waals surface area (Å²) in [6.45, 7) is 9.00. The van der Waals surface area contributed by atoms with Gasteiger partial charge in [-0.05, 0) is 23.1 Å². The van der Waals surface area contributed by atoms with Gasteiger partial charge in [-0.3, -0.25) is 0 Å². The maximum absolute atomic E-state index is 9.09. The van der Waals surface area contributed by atoms with Gasteiger partial charge in [0.15, 0.2) is 0 Å². The predicted molar refractivity (Wildman–Crippen MR) is 69.9 cm³/mol. The van der Waals surface area contributed by atoms with Crippen molar-refractivity contribution in [2.24, 2.45) is 0 Å². The summed E-state index contributed by atoms with van der Waals surface area (Å²) in [6, 6.07) is 6.35. The lowest BCUT2D eigenvalue weighted by molar-refractivity contribution is 0.278. The molecule has 0 aliphatic carbocycles. The molecule has 0 atom stereocenters. The van der Waals surface area contributed by atoms with E-state index in [0.29, 0.717) is 13.2 Å². The molecule has 1 aromatic rings. The number of ether oxygens (including phenoxy) is 1. The minimum atomic E-state index is 0.136. The highest BCUT2D eigenvalue weighted by atomic mass is 16.5. The van der Waals surface area contributed by atoms with E-state index in [2.05, 4.69) is 37.8 Å². The highest BCUT2D eigenvalue weighted by Crippen LogP contribution is 2.35. The van der Waals surface area contributed by atoms with Crippen molar-refractivity contribution in [1.29, 1.82) is 0 Å². The molecule has 1 aliphatic heterocycles. The Kier molecular flexibility index (Phi) is 3.29. The van der Waals surface area contributed by atoms with Crippen molar-refractivity contribution in [2.75, 3.05) is 31.2 Å². The third-order valence-electron chi connectivity index (χ3n) is 3.15. The molecular formula is C14H21NO2. The summed E-state index contributed by atoms with van der Waals surface area (Å²) in [5, 5.41) is 9.09. The van der Waals surface area contributed by atoms with Crippen molar-refractivity contribution in [1.82, 2.24) is 0 Å². The molecule has 0 saturated heterocycles. The van der Waals surface area contributed by atoms with Crippen LogP contribution in [0, 0.1) is 0 Å². The lowest BCUT2D eigenvalue weighted by atomic mass is 9.86. The van der Waals surface area contributed by atoms with Crippen LogP contribution in [0.3, 0.4) is 0 Å². The third kappa shape index (κ3) is 2.55. The summed E-state index contributed by atoms with van der Waals surface area (Å²) < 4.78 is 5.64. The predicted octanol–water partition coefficient (Wildman–Crippen LogP) is 2.18. The molecule has 0 bridgehead atoms. The number of nitrogens with zero attached hydrogens (tertiary/aromatic N) is 1. The Bertz CT molecular complexity index is 396. The number of β-amino-alcohol motifs (C(OH)–C–C–N with tert-alkyl or cyclic N) is 1. The molecule has 0 radical (unpaired) electrons. The molecule has 1 N–H and O–H groups in total. The van der Waals surface area contributed by atoms with Gasteiger partial charge < -0.3 is 14.7 Å². The molecule has 1 aromatic carbocycles. The SMILES string of the molecule is CC(C)(C)c1ccc2c(c1)N(CCO)CCO2. The Morgan fingerprint density at radius 2 is 2.12 bits per heavy atom. The number of benzene rings is 1. The monoisotopic (exact) mass is 235 g/mol. The van der Waals surface area contributed by atoms with Crippen molar-refractivity contribution in [3.05, 3.63) is 23.8 Å². The quantitative estimate of drug-likeness (QED) is 0.852. The molecule has 3 nitrogen and oxygen atoms in total. The average Bonchev–Trinajstić information content (AvgIpc) is 2.28. The van der Waals surface area contributed by atoms with E-state index in [1.54, 1.807) is 0 Å². The Balaban J connectivity index is 2.37. The van der Waals surface area contributed by atoms with Crippen LogP contribution in [0.25, 0.3) is 0 Å². The van der Waals surface area contributed by atoms with Crippen molar-refractivity contribution >= 4 is 5.69 Å². The van der Waals surface area contributed by atoms with Crippen LogP contribution in [-0.2, 0) is 5.41 Å². The van der Waals surface area contributed by atoms with Gasteiger partial charge in [0.1, 0.15) is 12.4 Å². The van der Waals surface area contributed by atoms with Crippen LogP contribution < -0.4 is 9.64 Å². The Hall–Kier alpha value is -1.22. The zero-order valence-electron chi connectivity index (χ0n) is 10.9. The van der Waals surface area contributed by atoms with Gasteiger partial charge in [0.2, 0.25) is 0 Å². The van der Waals surface area contributed by atoms with Gasteiger partial charge in [-0.2, -0.15) is 0 Å². The van der Waals surface area contributed by atoms with Crippen molar-refractivity contribution in [3.63, 3.8) is 0 Å². The van der Waals surface area contributed by atoms with E-state index in [1.165, 1.54) is 5.56 Å². The van der Waals surface area contributed by atoms with Gasteiger partial charge in [0, 0.05) is 6.54 Å². The number of anilines is 1. The summed E-state index contributed by atoms with van der Waals surface area (Å²) in [5.74, 6) is 0.928. The highest BCUT2D eigenvalue weighted by Gasteiger charge is 2.21. The minimum Gasteiger partial charge on any atom is -0.490 e. The van der Waals surface area contributed by atoms with Gasteiger partial charge in [0.05, 0.1) is 18.8 Å². The second kappa shape index (κ2) is 4.57. The van der Waals surface area contributed by atoms with Crippen molar-refractivity contribution in [2.45, 2.75) is 26.2 Å².